The molecule has 0 aliphatic carbocycles. The molecule has 15 heavy (non-hydrogen) atoms. The van der Waals surface area contributed by atoms with E-state index in [0.29, 0.717) is 4.32 Å². The number of hydrogen-bond acceptors (Lipinski definition) is 2. The maximum atomic E-state index is 8.01. The van der Waals surface area contributed by atoms with Crippen LogP contribution in [0.5, 0.6) is 0 Å². The molecule has 0 unspecified atom stereocenters. The molecular weight excluding hydrogens is 224 g/mol. The number of aromatic nitrogens is 1. The van der Waals surface area contributed by atoms with Gasteiger partial charge in [0.25, 0.3) is 0 Å². The molecule has 0 saturated carbocycles. The molecule has 0 fully saturated rings. The minimum atomic E-state index is -0.518. The smallest absolute Gasteiger partial charge is 0.133 e. The number of thioether (sulfide) groups is 1. The van der Waals surface area contributed by atoms with Gasteiger partial charge < -0.3 is 10.3 Å². The van der Waals surface area contributed by atoms with Gasteiger partial charge in [-0.1, -0.05) is 30.4 Å². The van der Waals surface area contributed by atoms with E-state index in [0.717, 1.165) is 16.5 Å². The number of thiocarbonyl (C=S) groups is 1. The number of hydrogen-bond donors (Lipinski definition) is 2. The lowest BCUT2D eigenvalue weighted by Gasteiger charge is -2.03. The van der Waals surface area contributed by atoms with Crippen LogP contribution in [0.2, 0.25) is 0 Å². The fourth-order valence-electron chi connectivity index (χ4n) is 1.41. The molecule has 4 heteroatoms. The Bertz CT molecular complexity index is 509. The average Bonchev–Trinajstić information content (AvgIpc) is 2.72. The van der Waals surface area contributed by atoms with Gasteiger partial charge in [-0.3, -0.25) is 0 Å². The molecule has 2 N–H and O–H groups in total. The lowest BCUT2D eigenvalue weighted by atomic mass is 10.2. The molecule has 0 bridgehead atoms. The van der Waals surface area contributed by atoms with Crippen molar-refractivity contribution in [1.82, 2.24) is 10.3 Å². The van der Waals surface area contributed by atoms with Crippen LogP contribution in [-0.2, 0) is 6.52 Å². The summed E-state index contributed by atoms with van der Waals surface area (Å²) in [5.41, 5.74) is 1.97. The summed E-state index contributed by atoms with van der Waals surface area (Å²) in [6.07, 6.45) is 3.76. The van der Waals surface area contributed by atoms with Gasteiger partial charge in [0.2, 0.25) is 0 Å². The first kappa shape index (κ1) is 9.24. The predicted molar refractivity (Wildman–Crippen MR) is 71.3 cm³/mol. The van der Waals surface area contributed by atoms with E-state index in [1.807, 2.05) is 36.7 Å². The first-order valence-corrected chi connectivity index (χ1v) is 6.18. The van der Waals surface area contributed by atoms with E-state index in [4.69, 9.17) is 13.6 Å². The molecule has 2 aromatic rings. The molecule has 2 nitrogen and oxygen atoms in total. The van der Waals surface area contributed by atoms with E-state index < -0.39 is 6.52 Å². The predicted octanol–water partition coefficient (Wildman–Crippen LogP) is 2.91. The molecule has 2 rings (SSSR count). The zero-order valence-corrected chi connectivity index (χ0v) is 9.91. The van der Waals surface area contributed by atoms with Crippen LogP contribution in [0.1, 0.15) is 6.93 Å². The molecular formula is C11H12N2S2. The van der Waals surface area contributed by atoms with Crippen molar-refractivity contribution in [3.05, 3.63) is 36.0 Å². The first-order valence-electron chi connectivity index (χ1n) is 5.13. The molecule has 0 spiro atoms. The van der Waals surface area contributed by atoms with Gasteiger partial charge in [-0.15, -0.1) is 11.8 Å². The van der Waals surface area contributed by atoms with E-state index >= 15 is 0 Å². The van der Waals surface area contributed by atoms with Crippen LogP contribution < -0.4 is 5.32 Å². The lowest BCUT2D eigenvalue weighted by Crippen LogP contribution is -2.16. The quantitative estimate of drug-likeness (QED) is 0.787. The number of benzene rings is 1. The number of aromatic amines is 1. The topological polar surface area (TPSA) is 27.8 Å². The van der Waals surface area contributed by atoms with Crippen molar-refractivity contribution in [3.8, 4) is 0 Å². The minimum Gasteiger partial charge on any atom is -0.367 e. The number of rotatable bonds is 2. The molecule has 1 aromatic heterocycles. The fraction of sp³-hybridized carbons (Fsp3) is 0.182. The molecule has 1 aromatic carbocycles. The summed E-state index contributed by atoms with van der Waals surface area (Å²) in [6.45, 7) is -0.518. The van der Waals surface area contributed by atoms with Crippen molar-refractivity contribution in [2.24, 2.45) is 0 Å². The van der Waals surface area contributed by atoms with Crippen LogP contribution >= 0.6 is 24.0 Å². The summed E-state index contributed by atoms with van der Waals surface area (Å²) in [6, 6.07) is 7.95. The summed E-state index contributed by atoms with van der Waals surface area (Å²) in [5, 5.41) is 4.03. The van der Waals surface area contributed by atoms with Crippen molar-refractivity contribution in [2.45, 2.75) is 6.52 Å². The van der Waals surface area contributed by atoms with Gasteiger partial charge in [0.15, 0.2) is 0 Å². The van der Waals surface area contributed by atoms with Crippen LogP contribution in [0.25, 0.3) is 10.9 Å². The van der Waals surface area contributed by atoms with Gasteiger partial charge in [0.1, 0.15) is 4.32 Å². The van der Waals surface area contributed by atoms with Crippen LogP contribution in [0.4, 0.5) is 0 Å². The Balaban J connectivity index is 2.29. The summed E-state index contributed by atoms with van der Waals surface area (Å²) in [7, 11) is 0. The molecule has 0 saturated heterocycles. The van der Waals surface area contributed by atoms with Crippen LogP contribution in [0.15, 0.2) is 30.5 Å². The highest BCUT2D eigenvalue weighted by Gasteiger charge is 2.02. The minimum absolute atomic E-state index is 0.518. The van der Waals surface area contributed by atoms with Gasteiger partial charge in [-0.2, -0.15) is 0 Å². The summed E-state index contributed by atoms with van der Waals surface area (Å²) in [4.78, 5) is 3.15. The van der Waals surface area contributed by atoms with Gasteiger partial charge in [0.05, 0.1) is 1.37 Å². The van der Waals surface area contributed by atoms with Gasteiger partial charge in [-0.05, 0) is 17.9 Å². The van der Waals surface area contributed by atoms with Crippen LogP contribution in [0.3, 0.4) is 0 Å². The van der Waals surface area contributed by atoms with Crippen molar-refractivity contribution in [1.29, 1.82) is 0 Å². The Labute approximate surface area is 99.9 Å². The SMILES string of the molecule is [2H][C@@H](NC(=S)SC)c1c[nH]c2ccccc12. The largest absolute Gasteiger partial charge is 0.367 e. The van der Waals surface area contributed by atoms with Crippen molar-refractivity contribution < 1.29 is 1.37 Å². The second-order valence-electron chi connectivity index (χ2n) is 3.07. The molecule has 0 aliphatic heterocycles. The third-order valence-electron chi connectivity index (χ3n) is 2.15. The zero-order valence-electron chi connectivity index (χ0n) is 9.28. The average molecular weight is 237 g/mol. The number of nitrogens with one attached hydrogen (secondary N) is 2. The molecule has 1 heterocycles. The van der Waals surface area contributed by atoms with Crippen molar-refractivity contribution in [2.75, 3.05) is 6.26 Å². The normalized spacial score (nSPS) is 13.5. The summed E-state index contributed by atoms with van der Waals surface area (Å²) < 4.78 is 8.66. The standard InChI is InChI=1S/C11H12N2S2/c1-15-11(14)13-7-8-6-12-10-5-3-2-4-9(8)10/h2-6,12H,7H2,1H3,(H,13,14)/i7D/t7-/m1/s1. The van der Waals surface area contributed by atoms with Crippen molar-refractivity contribution in [3.63, 3.8) is 0 Å². The molecule has 0 amide bonds. The van der Waals surface area contributed by atoms with E-state index in [-0.39, 0.29) is 0 Å². The van der Waals surface area contributed by atoms with Crippen LogP contribution in [-0.4, -0.2) is 15.6 Å². The monoisotopic (exact) mass is 237 g/mol. The Morgan fingerprint density at radius 3 is 3.20 bits per heavy atom. The van der Waals surface area contributed by atoms with Gasteiger partial charge in [-0.25, -0.2) is 0 Å². The Morgan fingerprint density at radius 2 is 2.40 bits per heavy atom. The van der Waals surface area contributed by atoms with E-state index in [1.165, 1.54) is 11.8 Å². The molecule has 1 atom stereocenters. The Morgan fingerprint density at radius 1 is 1.60 bits per heavy atom. The Hall–Kier alpha value is -1.00. The molecule has 0 aliphatic rings. The molecule has 78 valence electrons. The highest BCUT2D eigenvalue weighted by molar-refractivity contribution is 8.22. The summed E-state index contributed by atoms with van der Waals surface area (Å²) >= 11 is 6.50. The maximum absolute atomic E-state index is 8.01. The number of para-hydroxylation sites is 1. The second-order valence-corrected chi connectivity index (χ2v) is 4.55. The van der Waals surface area contributed by atoms with E-state index in [9.17, 15) is 0 Å². The van der Waals surface area contributed by atoms with Gasteiger partial charge >= 0.3 is 0 Å². The van der Waals surface area contributed by atoms with Crippen molar-refractivity contribution >= 4 is 39.2 Å². The van der Waals surface area contributed by atoms with E-state index in [2.05, 4.69) is 10.3 Å². The lowest BCUT2D eigenvalue weighted by molar-refractivity contribution is 0.948. The maximum Gasteiger partial charge on any atom is 0.133 e. The number of H-pyrrole nitrogens is 1. The third kappa shape index (κ3) is 2.33. The first-order chi connectivity index (χ1) is 7.72. The molecule has 0 radical (unpaired) electrons. The highest BCUT2D eigenvalue weighted by Crippen LogP contribution is 2.17. The van der Waals surface area contributed by atoms with Gasteiger partial charge in [0, 0.05) is 23.6 Å². The fourth-order valence-corrected chi connectivity index (χ4v) is 1.64. The zero-order chi connectivity index (χ0) is 11.5. The highest BCUT2D eigenvalue weighted by atomic mass is 32.2. The summed E-state index contributed by atoms with van der Waals surface area (Å²) in [5.74, 6) is 0. The van der Waals surface area contributed by atoms with E-state index in [1.54, 1.807) is 0 Å². The second kappa shape index (κ2) is 4.68. The third-order valence-corrected chi connectivity index (χ3v) is 3.26. The van der Waals surface area contributed by atoms with Crippen LogP contribution in [0, 0.1) is 0 Å². The number of fused-ring (bicyclic) bond motifs is 1. The Kier molecular flexibility index (Phi) is 2.88.